The molecule has 1 N–H and O–H groups in total. The number of hydrogen-bond donors (Lipinski definition) is 1. The van der Waals surface area contributed by atoms with Gasteiger partial charge in [-0.3, -0.25) is 4.57 Å². The first-order chi connectivity index (χ1) is 9.65. The Bertz CT molecular complexity index is 471. The molecule has 21 heavy (non-hydrogen) atoms. The lowest BCUT2D eigenvalue weighted by Gasteiger charge is -2.27. The molecule has 0 spiro atoms. The maximum Gasteiger partial charge on any atom is 0.363 e. The van der Waals surface area contributed by atoms with Gasteiger partial charge in [-0.05, 0) is 45.4 Å². The standard InChI is InChI=1S/C15H26NO4P/c1-11(2)19-21(18,20-12(3)4)15(17)13-7-9-14(10-8-13)16(5)6/h7-12,15,17H,1-6H3/t15-/m1/s1. The number of rotatable bonds is 7. The molecule has 0 unspecified atom stereocenters. The summed E-state index contributed by atoms with van der Waals surface area (Å²) in [6.45, 7) is 7.05. The minimum atomic E-state index is -3.64. The summed E-state index contributed by atoms with van der Waals surface area (Å²) < 4.78 is 23.7. The molecule has 0 saturated carbocycles. The molecule has 5 nitrogen and oxygen atoms in total. The quantitative estimate of drug-likeness (QED) is 0.776. The Kier molecular flexibility index (Phi) is 6.41. The highest BCUT2D eigenvalue weighted by molar-refractivity contribution is 7.54. The molecule has 0 fully saturated rings. The monoisotopic (exact) mass is 315 g/mol. The Balaban J connectivity index is 3.04. The van der Waals surface area contributed by atoms with Gasteiger partial charge in [0, 0.05) is 19.8 Å². The fraction of sp³-hybridized carbons (Fsp3) is 0.600. The van der Waals surface area contributed by atoms with Crippen LogP contribution in [0.2, 0.25) is 0 Å². The number of aliphatic hydroxyl groups is 1. The SMILES string of the molecule is CC(C)OP(=O)(OC(C)C)[C@@H](O)c1ccc(N(C)C)cc1. The first-order valence-electron chi connectivity index (χ1n) is 7.07. The first-order valence-corrected chi connectivity index (χ1v) is 8.68. The lowest BCUT2D eigenvalue weighted by atomic mass is 10.2. The Morgan fingerprint density at radius 2 is 1.43 bits per heavy atom. The summed E-state index contributed by atoms with van der Waals surface area (Å²) in [5.74, 6) is -1.29. The molecule has 1 aromatic rings. The second-order valence-corrected chi connectivity index (χ2v) is 7.70. The van der Waals surface area contributed by atoms with Crippen LogP contribution in [0.25, 0.3) is 0 Å². The molecule has 1 aromatic carbocycles. The number of benzene rings is 1. The van der Waals surface area contributed by atoms with Crippen LogP contribution in [-0.2, 0) is 13.6 Å². The van der Waals surface area contributed by atoms with Gasteiger partial charge in [-0.15, -0.1) is 0 Å². The third kappa shape index (κ3) is 5.11. The average Bonchev–Trinajstić information content (AvgIpc) is 2.36. The molecule has 0 aliphatic rings. The number of anilines is 1. The third-order valence-corrected chi connectivity index (χ3v) is 5.05. The summed E-state index contributed by atoms with van der Waals surface area (Å²) in [5.41, 5.74) is 1.51. The van der Waals surface area contributed by atoms with Crippen molar-refractivity contribution in [2.75, 3.05) is 19.0 Å². The molecule has 0 aliphatic heterocycles. The highest BCUT2D eigenvalue weighted by Gasteiger charge is 2.37. The van der Waals surface area contributed by atoms with Gasteiger partial charge in [0.2, 0.25) is 0 Å². The predicted octanol–water partition coefficient (Wildman–Crippen LogP) is 3.79. The summed E-state index contributed by atoms with van der Waals surface area (Å²) in [7, 11) is 0.220. The molecular weight excluding hydrogens is 289 g/mol. The van der Waals surface area contributed by atoms with Gasteiger partial charge in [0.15, 0.2) is 5.85 Å². The highest BCUT2D eigenvalue weighted by atomic mass is 31.2. The summed E-state index contributed by atoms with van der Waals surface area (Å²) >= 11 is 0. The van der Waals surface area contributed by atoms with Gasteiger partial charge in [-0.1, -0.05) is 12.1 Å². The zero-order chi connectivity index (χ0) is 16.2. The van der Waals surface area contributed by atoms with Crippen molar-refractivity contribution in [1.82, 2.24) is 0 Å². The average molecular weight is 315 g/mol. The molecule has 1 atom stereocenters. The summed E-state index contributed by atoms with van der Waals surface area (Å²) in [4.78, 5) is 1.95. The van der Waals surface area contributed by atoms with Crippen LogP contribution in [0, 0.1) is 0 Å². The van der Waals surface area contributed by atoms with Gasteiger partial charge in [-0.2, -0.15) is 0 Å². The second kappa shape index (κ2) is 7.41. The Labute approximate surface area is 127 Å². The molecular formula is C15H26NO4P. The fourth-order valence-corrected chi connectivity index (χ4v) is 3.85. The first kappa shape index (κ1) is 18.2. The van der Waals surface area contributed by atoms with Crippen molar-refractivity contribution in [3.63, 3.8) is 0 Å². The summed E-state index contributed by atoms with van der Waals surface area (Å²) in [6.07, 6.45) is -0.601. The van der Waals surface area contributed by atoms with Gasteiger partial charge in [0.25, 0.3) is 0 Å². The van der Waals surface area contributed by atoms with Crippen molar-refractivity contribution in [3.8, 4) is 0 Å². The van der Waals surface area contributed by atoms with Crippen molar-refractivity contribution in [3.05, 3.63) is 29.8 Å². The van der Waals surface area contributed by atoms with Crippen LogP contribution in [0.1, 0.15) is 39.1 Å². The van der Waals surface area contributed by atoms with Crippen molar-refractivity contribution in [2.45, 2.75) is 45.7 Å². The molecule has 0 saturated heterocycles. The normalized spacial score (nSPS) is 13.8. The maximum absolute atomic E-state index is 12.8. The zero-order valence-corrected chi connectivity index (χ0v) is 14.5. The van der Waals surface area contributed by atoms with Crippen LogP contribution >= 0.6 is 7.60 Å². The third-order valence-electron chi connectivity index (χ3n) is 2.72. The van der Waals surface area contributed by atoms with Gasteiger partial charge in [0.05, 0.1) is 12.2 Å². The van der Waals surface area contributed by atoms with E-state index in [1.54, 1.807) is 39.8 Å². The Morgan fingerprint density at radius 3 is 1.76 bits per heavy atom. The van der Waals surface area contributed by atoms with Crippen molar-refractivity contribution >= 4 is 13.3 Å². The van der Waals surface area contributed by atoms with E-state index in [-0.39, 0.29) is 12.2 Å². The molecule has 0 bridgehead atoms. The number of nitrogens with zero attached hydrogens (tertiary/aromatic N) is 1. The molecule has 0 aromatic heterocycles. The minimum absolute atomic E-state index is 0.301. The molecule has 0 heterocycles. The van der Waals surface area contributed by atoms with Crippen molar-refractivity contribution < 1.29 is 18.7 Å². The number of aliphatic hydroxyl groups excluding tert-OH is 1. The lowest BCUT2D eigenvalue weighted by molar-refractivity contribution is 0.101. The van der Waals surface area contributed by atoms with Crippen molar-refractivity contribution in [2.24, 2.45) is 0 Å². The lowest BCUT2D eigenvalue weighted by Crippen LogP contribution is -2.14. The molecule has 0 amide bonds. The van der Waals surface area contributed by atoms with E-state index in [9.17, 15) is 9.67 Å². The van der Waals surface area contributed by atoms with Gasteiger partial charge < -0.3 is 19.1 Å². The van der Waals surface area contributed by atoms with E-state index in [2.05, 4.69) is 0 Å². The van der Waals surface area contributed by atoms with E-state index < -0.39 is 13.4 Å². The fourth-order valence-electron chi connectivity index (χ4n) is 1.86. The Hall–Kier alpha value is -0.870. The highest BCUT2D eigenvalue weighted by Crippen LogP contribution is 2.61. The van der Waals surface area contributed by atoms with E-state index >= 15 is 0 Å². The van der Waals surface area contributed by atoms with E-state index in [1.807, 2.05) is 31.1 Å². The second-order valence-electron chi connectivity index (χ2n) is 5.71. The zero-order valence-electron chi connectivity index (χ0n) is 13.6. The summed E-state index contributed by atoms with van der Waals surface area (Å²) in [5, 5.41) is 10.4. The van der Waals surface area contributed by atoms with Gasteiger partial charge in [0.1, 0.15) is 0 Å². The van der Waals surface area contributed by atoms with E-state index in [0.29, 0.717) is 5.56 Å². The van der Waals surface area contributed by atoms with Crippen LogP contribution in [-0.4, -0.2) is 31.4 Å². The molecule has 1 rings (SSSR count). The van der Waals surface area contributed by atoms with Crippen molar-refractivity contribution in [1.29, 1.82) is 0 Å². The maximum atomic E-state index is 12.8. The largest absolute Gasteiger partial charge is 0.378 e. The smallest absolute Gasteiger partial charge is 0.363 e. The van der Waals surface area contributed by atoms with Gasteiger partial charge >= 0.3 is 7.60 Å². The van der Waals surface area contributed by atoms with E-state index in [1.165, 1.54) is 0 Å². The predicted molar refractivity (Wildman–Crippen MR) is 85.8 cm³/mol. The van der Waals surface area contributed by atoms with Crippen LogP contribution in [0.5, 0.6) is 0 Å². The molecule has 6 heteroatoms. The van der Waals surface area contributed by atoms with E-state index in [0.717, 1.165) is 5.69 Å². The number of hydrogen-bond acceptors (Lipinski definition) is 5. The van der Waals surface area contributed by atoms with Crippen LogP contribution in [0.15, 0.2) is 24.3 Å². The van der Waals surface area contributed by atoms with Crippen LogP contribution in [0.4, 0.5) is 5.69 Å². The van der Waals surface area contributed by atoms with Crippen LogP contribution < -0.4 is 4.90 Å². The van der Waals surface area contributed by atoms with Gasteiger partial charge in [-0.25, -0.2) is 0 Å². The molecule has 120 valence electrons. The molecule has 0 radical (unpaired) electrons. The van der Waals surface area contributed by atoms with Crippen LogP contribution in [0.3, 0.4) is 0 Å². The Morgan fingerprint density at radius 1 is 1.00 bits per heavy atom. The topological polar surface area (TPSA) is 59.0 Å². The summed E-state index contributed by atoms with van der Waals surface area (Å²) in [6, 6.07) is 7.18. The van der Waals surface area contributed by atoms with E-state index in [4.69, 9.17) is 9.05 Å². The molecule has 0 aliphatic carbocycles. The minimum Gasteiger partial charge on any atom is -0.378 e.